The zero-order valence-corrected chi connectivity index (χ0v) is 7.59. The van der Waals surface area contributed by atoms with E-state index in [0.717, 1.165) is 0 Å². The maximum atomic E-state index is 11.3. The number of aryl methyl sites for hydroxylation is 1. The van der Waals surface area contributed by atoms with Crippen LogP contribution in [0, 0.1) is 19.3 Å². The predicted molar refractivity (Wildman–Crippen MR) is 49.1 cm³/mol. The molecule has 1 heterocycles. The number of nitrogens with zero attached hydrogens (tertiary/aromatic N) is 1. The van der Waals surface area contributed by atoms with E-state index in [4.69, 9.17) is 6.42 Å². The number of carbonyl (C=O) groups excluding carboxylic acids is 1. The van der Waals surface area contributed by atoms with Crippen LogP contribution < -0.4 is 5.32 Å². The van der Waals surface area contributed by atoms with Crippen LogP contribution in [0.5, 0.6) is 0 Å². The fraction of sp³-hybridized carbons (Fsp3) is 0.333. The van der Waals surface area contributed by atoms with E-state index in [-0.39, 0.29) is 11.9 Å². The molecule has 0 saturated carbocycles. The Labute approximate surface area is 76.8 Å². The second-order valence-corrected chi connectivity index (χ2v) is 2.74. The van der Waals surface area contributed by atoms with Gasteiger partial charge in [0.1, 0.15) is 11.5 Å². The average Bonchev–Trinajstić information content (AvgIpc) is 2.51. The molecule has 2 N–H and O–H groups in total. The quantitative estimate of drug-likeness (QED) is 0.645. The van der Waals surface area contributed by atoms with Gasteiger partial charge >= 0.3 is 0 Å². The molecular weight excluding hydrogens is 166 g/mol. The molecule has 0 saturated heterocycles. The van der Waals surface area contributed by atoms with Crippen molar-refractivity contribution in [2.45, 2.75) is 19.9 Å². The average molecular weight is 177 g/mol. The summed E-state index contributed by atoms with van der Waals surface area (Å²) in [6.07, 6.45) is 6.59. The summed E-state index contributed by atoms with van der Waals surface area (Å²) in [6.45, 7) is 3.52. The highest BCUT2D eigenvalue weighted by Gasteiger charge is 2.09. The highest BCUT2D eigenvalue weighted by molar-refractivity contribution is 5.92. The molecular formula is C9H11N3O. The van der Waals surface area contributed by atoms with Crippen molar-refractivity contribution in [1.82, 2.24) is 15.3 Å². The van der Waals surface area contributed by atoms with Gasteiger partial charge in [0.15, 0.2) is 0 Å². The summed E-state index contributed by atoms with van der Waals surface area (Å²) in [5.74, 6) is 2.88. The molecule has 0 radical (unpaired) electrons. The number of amides is 1. The van der Waals surface area contributed by atoms with Crippen LogP contribution in [-0.4, -0.2) is 21.9 Å². The van der Waals surface area contributed by atoms with Gasteiger partial charge in [0.05, 0.1) is 12.2 Å². The van der Waals surface area contributed by atoms with Crippen molar-refractivity contribution in [2.24, 2.45) is 0 Å². The third-order valence-corrected chi connectivity index (χ3v) is 1.55. The van der Waals surface area contributed by atoms with Crippen molar-refractivity contribution in [2.75, 3.05) is 0 Å². The number of aromatic amines is 1. The van der Waals surface area contributed by atoms with Crippen LogP contribution in [0.3, 0.4) is 0 Å². The molecule has 1 rings (SSSR count). The molecule has 0 aliphatic heterocycles. The Morgan fingerprint density at radius 3 is 3.00 bits per heavy atom. The zero-order chi connectivity index (χ0) is 9.84. The van der Waals surface area contributed by atoms with Crippen molar-refractivity contribution in [3.05, 3.63) is 17.7 Å². The summed E-state index contributed by atoms with van der Waals surface area (Å²) in [5, 5.41) is 2.61. The molecule has 1 unspecified atom stereocenters. The molecule has 0 bridgehead atoms. The van der Waals surface area contributed by atoms with Crippen molar-refractivity contribution in [1.29, 1.82) is 0 Å². The van der Waals surface area contributed by atoms with Crippen molar-refractivity contribution < 1.29 is 4.79 Å². The molecule has 68 valence electrons. The molecule has 0 spiro atoms. The lowest BCUT2D eigenvalue weighted by Gasteiger charge is -2.04. The standard InChI is InChI=1S/C9H11N3O/c1-4-6(2)11-9(13)8-5-10-7(3)12-8/h1,5-6H,2-3H3,(H,10,12)(H,11,13). The van der Waals surface area contributed by atoms with E-state index in [1.54, 1.807) is 13.8 Å². The maximum Gasteiger partial charge on any atom is 0.270 e. The Kier molecular flexibility index (Phi) is 2.70. The van der Waals surface area contributed by atoms with E-state index in [1.807, 2.05) is 0 Å². The maximum absolute atomic E-state index is 11.3. The van der Waals surface area contributed by atoms with Crippen LogP contribution in [0.1, 0.15) is 23.2 Å². The number of rotatable bonds is 2. The third kappa shape index (κ3) is 2.34. The minimum absolute atomic E-state index is 0.231. The minimum Gasteiger partial charge on any atom is -0.338 e. The van der Waals surface area contributed by atoms with Crippen LogP contribution in [0.15, 0.2) is 6.20 Å². The number of aromatic nitrogens is 2. The number of H-pyrrole nitrogens is 1. The highest BCUT2D eigenvalue weighted by atomic mass is 16.1. The first-order valence-corrected chi connectivity index (χ1v) is 3.92. The zero-order valence-electron chi connectivity index (χ0n) is 7.59. The Morgan fingerprint density at radius 1 is 1.85 bits per heavy atom. The van der Waals surface area contributed by atoms with Gasteiger partial charge in [-0.1, -0.05) is 5.92 Å². The molecule has 1 atom stereocenters. The van der Waals surface area contributed by atoms with Gasteiger partial charge in [0.25, 0.3) is 5.91 Å². The van der Waals surface area contributed by atoms with Crippen LogP contribution in [0.2, 0.25) is 0 Å². The molecule has 0 fully saturated rings. The van der Waals surface area contributed by atoms with Crippen LogP contribution in [-0.2, 0) is 0 Å². The van der Waals surface area contributed by atoms with Gasteiger partial charge in [0.2, 0.25) is 0 Å². The number of imidazole rings is 1. The molecule has 0 aliphatic carbocycles. The molecule has 1 amide bonds. The third-order valence-electron chi connectivity index (χ3n) is 1.55. The summed E-state index contributed by atoms with van der Waals surface area (Å²) in [5.41, 5.74) is 0.430. The van der Waals surface area contributed by atoms with E-state index in [9.17, 15) is 4.79 Å². The van der Waals surface area contributed by atoms with Crippen LogP contribution >= 0.6 is 0 Å². The Bertz CT molecular complexity index is 348. The molecule has 0 aliphatic rings. The van der Waals surface area contributed by atoms with E-state index >= 15 is 0 Å². The fourth-order valence-electron chi connectivity index (χ4n) is 0.852. The highest BCUT2D eigenvalue weighted by Crippen LogP contribution is 1.95. The molecule has 4 heteroatoms. The summed E-state index contributed by atoms with van der Waals surface area (Å²) >= 11 is 0. The van der Waals surface area contributed by atoms with Gasteiger partial charge < -0.3 is 10.3 Å². The van der Waals surface area contributed by atoms with Crippen molar-refractivity contribution >= 4 is 5.91 Å². The summed E-state index contributed by atoms with van der Waals surface area (Å²) in [7, 11) is 0. The Morgan fingerprint density at radius 2 is 2.54 bits per heavy atom. The SMILES string of the molecule is C#CC(C)NC(=O)c1cnc(C)[nH]1. The lowest BCUT2D eigenvalue weighted by atomic mass is 10.3. The largest absolute Gasteiger partial charge is 0.338 e. The Balaban J connectivity index is 2.65. The van der Waals surface area contributed by atoms with E-state index in [2.05, 4.69) is 21.2 Å². The van der Waals surface area contributed by atoms with Gasteiger partial charge in [-0.3, -0.25) is 4.79 Å². The number of terminal acetylenes is 1. The van der Waals surface area contributed by atoms with Crippen LogP contribution in [0.25, 0.3) is 0 Å². The second kappa shape index (κ2) is 3.76. The smallest absolute Gasteiger partial charge is 0.270 e. The molecule has 0 aromatic carbocycles. The van der Waals surface area contributed by atoms with E-state index < -0.39 is 0 Å². The summed E-state index contributed by atoms with van der Waals surface area (Å²) in [4.78, 5) is 18.1. The fourth-order valence-corrected chi connectivity index (χ4v) is 0.852. The molecule has 13 heavy (non-hydrogen) atoms. The number of hydrogen-bond donors (Lipinski definition) is 2. The van der Waals surface area contributed by atoms with Gasteiger partial charge in [-0.15, -0.1) is 6.42 Å². The van der Waals surface area contributed by atoms with E-state index in [1.165, 1.54) is 6.20 Å². The van der Waals surface area contributed by atoms with Gasteiger partial charge in [-0.2, -0.15) is 0 Å². The molecule has 1 aromatic rings. The normalized spacial score (nSPS) is 11.8. The summed E-state index contributed by atoms with van der Waals surface area (Å²) < 4.78 is 0. The number of hydrogen-bond acceptors (Lipinski definition) is 2. The van der Waals surface area contributed by atoms with Gasteiger partial charge in [0, 0.05) is 0 Å². The van der Waals surface area contributed by atoms with Gasteiger partial charge in [-0.05, 0) is 13.8 Å². The number of carbonyl (C=O) groups is 1. The predicted octanol–water partition coefficient (Wildman–Crippen LogP) is 0.470. The topological polar surface area (TPSA) is 57.8 Å². The number of nitrogens with one attached hydrogen (secondary N) is 2. The summed E-state index contributed by atoms with van der Waals surface area (Å²) in [6, 6.07) is -0.267. The molecule has 1 aromatic heterocycles. The van der Waals surface area contributed by atoms with Crippen LogP contribution in [0.4, 0.5) is 0 Å². The first kappa shape index (κ1) is 9.33. The van der Waals surface area contributed by atoms with Crippen molar-refractivity contribution in [3.63, 3.8) is 0 Å². The van der Waals surface area contributed by atoms with E-state index in [0.29, 0.717) is 11.5 Å². The van der Waals surface area contributed by atoms with Gasteiger partial charge in [-0.25, -0.2) is 4.98 Å². The lowest BCUT2D eigenvalue weighted by molar-refractivity contribution is 0.0943. The first-order valence-electron chi connectivity index (χ1n) is 3.92. The second-order valence-electron chi connectivity index (χ2n) is 2.74. The minimum atomic E-state index is -0.267. The monoisotopic (exact) mass is 177 g/mol. The molecule has 4 nitrogen and oxygen atoms in total. The van der Waals surface area contributed by atoms with Crippen molar-refractivity contribution in [3.8, 4) is 12.3 Å². The first-order chi connectivity index (χ1) is 6.13. The lowest BCUT2D eigenvalue weighted by Crippen LogP contribution is -2.31. The Hall–Kier alpha value is -1.76.